The van der Waals surface area contributed by atoms with E-state index < -0.39 is 17.7 Å². The normalized spacial score (nSPS) is 33.0. The topological polar surface area (TPSA) is 76.1 Å². The summed E-state index contributed by atoms with van der Waals surface area (Å²) < 4.78 is 11.2. The zero-order valence-corrected chi connectivity index (χ0v) is 9.85. The van der Waals surface area contributed by atoms with Crippen LogP contribution in [0.2, 0.25) is 0 Å². The molecule has 6 nitrogen and oxygen atoms in total. The van der Waals surface area contributed by atoms with Crippen LogP contribution >= 0.6 is 0 Å². The fourth-order valence-corrected chi connectivity index (χ4v) is 2.42. The van der Waals surface area contributed by atoms with Gasteiger partial charge in [0, 0.05) is 13.5 Å². The van der Waals surface area contributed by atoms with E-state index >= 15 is 0 Å². The number of amides is 1. The zero-order valence-electron chi connectivity index (χ0n) is 9.85. The first-order chi connectivity index (χ1) is 8.01. The van der Waals surface area contributed by atoms with Gasteiger partial charge in [0.15, 0.2) is 0 Å². The molecule has 2 heterocycles. The van der Waals surface area contributed by atoms with E-state index in [0.29, 0.717) is 32.7 Å². The van der Waals surface area contributed by atoms with Crippen LogP contribution in [0.25, 0.3) is 0 Å². The van der Waals surface area contributed by atoms with Gasteiger partial charge in [-0.05, 0) is 6.42 Å². The number of carboxylic acids is 1. The fraction of sp³-hybridized carbons (Fsp3) is 0.818. The van der Waals surface area contributed by atoms with Crippen LogP contribution in [0.3, 0.4) is 0 Å². The Morgan fingerprint density at radius 1 is 1.53 bits per heavy atom. The van der Waals surface area contributed by atoms with Crippen molar-refractivity contribution in [3.8, 4) is 0 Å². The highest BCUT2D eigenvalue weighted by Crippen LogP contribution is 2.31. The first-order valence-electron chi connectivity index (χ1n) is 5.74. The molecule has 2 aliphatic heterocycles. The molecule has 0 aliphatic carbocycles. The van der Waals surface area contributed by atoms with E-state index in [1.54, 1.807) is 4.90 Å². The Bertz CT molecular complexity index is 332. The molecule has 6 heteroatoms. The fourth-order valence-electron chi connectivity index (χ4n) is 2.42. The van der Waals surface area contributed by atoms with Crippen LogP contribution in [0, 0.1) is 0 Å². The second-order valence-corrected chi connectivity index (χ2v) is 4.73. The lowest BCUT2D eigenvalue weighted by Crippen LogP contribution is -2.50. The molecular weight excluding hydrogens is 226 g/mol. The number of hydrogen-bond acceptors (Lipinski definition) is 4. The van der Waals surface area contributed by atoms with Gasteiger partial charge in [0.1, 0.15) is 5.60 Å². The molecule has 1 spiro atoms. The maximum Gasteiger partial charge on any atom is 0.306 e. The van der Waals surface area contributed by atoms with Crippen molar-refractivity contribution >= 4 is 11.9 Å². The minimum atomic E-state index is -0.892. The molecule has 0 aromatic heterocycles. The van der Waals surface area contributed by atoms with Gasteiger partial charge in [0.25, 0.3) is 0 Å². The molecule has 2 fully saturated rings. The number of rotatable bonds is 2. The predicted octanol–water partition coefficient (Wildman–Crippen LogP) is -0.132. The van der Waals surface area contributed by atoms with E-state index in [1.807, 2.05) is 0 Å². The highest BCUT2D eigenvalue weighted by atomic mass is 16.6. The summed E-state index contributed by atoms with van der Waals surface area (Å²) >= 11 is 0. The Balaban J connectivity index is 1.97. The van der Waals surface area contributed by atoms with Crippen molar-refractivity contribution in [2.45, 2.75) is 31.5 Å². The number of ether oxygens (including phenoxy) is 2. The zero-order chi connectivity index (χ0) is 12.5. The second-order valence-electron chi connectivity index (χ2n) is 4.73. The van der Waals surface area contributed by atoms with Crippen molar-refractivity contribution in [2.24, 2.45) is 0 Å². The highest BCUT2D eigenvalue weighted by Gasteiger charge is 2.44. The van der Waals surface area contributed by atoms with Gasteiger partial charge in [-0.25, -0.2) is 0 Å². The van der Waals surface area contributed by atoms with Crippen molar-refractivity contribution in [3.05, 3.63) is 0 Å². The summed E-state index contributed by atoms with van der Waals surface area (Å²) in [4.78, 5) is 23.6. The van der Waals surface area contributed by atoms with E-state index in [0.717, 1.165) is 0 Å². The Hall–Kier alpha value is -1.14. The van der Waals surface area contributed by atoms with Crippen molar-refractivity contribution in [2.75, 3.05) is 26.3 Å². The monoisotopic (exact) mass is 243 g/mol. The maximum absolute atomic E-state index is 11.3. The van der Waals surface area contributed by atoms with E-state index in [9.17, 15) is 9.59 Å². The molecule has 17 heavy (non-hydrogen) atoms. The lowest BCUT2D eigenvalue weighted by molar-refractivity contribution is -0.197. The summed E-state index contributed by atoms with van der Waals surface area (Å²) in [5.74, 6) is -0.872. The van der Waals surface area contributed by atoms with Gasteiger partial charge < -0.3 is 19.5 Å². The SMILES string of the molecule is CC(=O)N1CCC2(COCC(CC(=O)O)O2)C1. The summed E-state index contributed by atoms with van der Waals surface area (Å²) in [5.41, 5.74) is -0.496. The lowest BCUT2D eigenvalue weighted by atomic mass is 10.0. The third kappa shape index (κ3) is 2.76. The van der Waals surface area contributed by atoms with Crippen molar-refractivity contribution in [1.82, 2.24) is 4.90 Å². The second kappa shape index (κ2) is 4.62. The van der Waals surface area contributed by atoms with Gasteiger partial charge in [0.05, 0.1) is 32.3 Å². The van der Waals surface area contributed by atoms with Gasteiger partial charge in [-0.2, -0.15) is 0 Å². The molecule has 0 bridgehead atoms. The highest BCUT2D eigenvalue weighted by molar-refractivity contribution is 5.73. The van der Waals surface area contributed by atoms with E-state index in [-0.39, 0.29) is 12.3 Å². The van der Waals surface area contributed by atoms with Crippen LogP contribution < -0.4 is 0 Å². The van der Waals surface area contributed by atoms with E-state index in [4.69, 9.17) is 14.6 Å². The molecule has 0 saturated carbocycles. The number of nitrogens with zero attached hydrogens (tertiary/aromatic N) is 1. The Morgan fingerprint density at radius 2 is 2.29 bits per heavy atom. The molecule has 2 aliphatic rings. The quantitative estimate of drug-likeness (QED) is 0.731. The molecule has 2 rings (SSSR count). The average molecular weight is 243 g/mol. The van der Waals surface area contributed by atoms with Crippen LogP contribution in [0.15, 0.2) is 0 Å². The minimum absolute atomic E-state index is 0.0193. The van der Waals surface area contributed by atoms with Gasteiger partial charge >= 0.3 is 5.97 Å². The van der Waals surface area contributed by atoms with Crippen molar-refractivity contribution < 1.29 is 24.2 Å². The number of hydrogen-bond donors (Lipinski definition) is 1. The number of likely N-dealkylation sites (tertiary alicyclic amines) is 1. The molecule has 0 aromatic carbocycles. The van der Waals surface area contributed by atoms with Crippen molar-refractivity contribution in [3.63, 3.8) is 0 Å². The van der Waals surface area contributed by atoms with Gasteiger partial charge in [0.2, 0.25) is 5.91 Å². The molecule has 0 radical (unpaired) electrons. The van der Waals surface area contributed by atoms with Crippen LogP contribution in [-0.4, -0.2) is 59.9 Å². The van der Waals surface area contributed by atoms with Gasteiger partial charge in [-0.1, -0.05) is 0 Å². The number of aliphatic carboxylic acids is 1. The number of carbonyl (C=O) groups is 2. The summed E-state index contributed by atoms with van der Waals surface area (Å²) in [5, 5.41) is 8.74. The Labute approximate surface area is 99.5 Å². The largest absolute Gasteiger partial charge is 0.481 e. The molecule has 96 valence electrons. The summed E-state index contributed by atoms with van der Waals surface area (Å²) in [6, 6.07) is 0. The van der Waals surface area contributed by atoms with Crippen LogP contribution in [0.1, 0.15) is 19.8 Å². The summed E-state index contributed by atoms with van der Waals surface area (Å²) in [6.07, 6.45) is 0.248. The maximum atomic E-state index is 11.3. The summed E-state index contributed by atoms with van der Waals surface area (Å²) in [7, 11) is 0. The van der Waals surface area contributed by atoms with Crippen molar-refractivity contribution in [1.29, 1.82) is 0 Å². The molecule has 2 unspecified atom stereocenters. The molecule has 2 saturated heterocycles. The predicted molar refractivity (Wildman–Crippen MR) is 57.5 cm³/mol. The number of carboxylic acid groups (broad SMARTS) is 1. The van der Waals surface area contributed by atoms with E-state index in [2.05, 4.69) is 0 Å². The smallest absolute Gasteiger partial charge is 0.306 e. The lowest BCUT2D eigenvalue weighted by Gasteiger charge is -2.37. The summed E-state index contributed by atoms with van der Waals surface area (Å²) in [6.45, 7) is 3.43. The Kier molecular flexibility index (Phi) is 3.35. The molecular formula is C11H17NO5. The van der Waals surface area contributed by atoms with Crippen LogP contribution in [-0.2, 0) is 19.1 Å². The number of carbonyl (C=O) groups excluding carboxylic acids is 1. The molecule has 1 N–H and O–H groups in total. The third-order valence-electron chi connectivity index (χ3n) is 3.25. The first-order valence-corrected chi connectivity index (χ1v) is 5.74. The minimum Gasteiger partial charge on any atom is -0.481 e. The van der Waals surface area contributed by atoms with Gasteiger partial charge in [-0.15, -0.1) is 0 Å². The molecule has 0 aromatic rings. The Morgan fingerprint density at radius 3 is 2.88 bits per heavy atom. The standard InChI is InChI=1S/C11H17NO5/c1-8(13)12-3-2-11(6-12)7-16-5-9(17-11)4-10(14)15/h9H,2-7H2,1H3,(H,14,15). The van der Waals surface area contributed by atoms with Crippen LogP contribution in [0.5, 0.6) is 0 Å². The first kappa shape index (κ1) is 12.3. The average Bonchev–Trinajstić information content (AvgIpc) is 2.61. The van der Waals surface area contributed by atoms with E-state index in [1.165, 1.54) is 6.92 Å². The third-order valence-corrected chi connectivity index (χ3v) is 3.25. The molecule has 2 atom stereocenters. The molecule has 1 amide bonds. The van der Waals surface area contributed by atoms with Gasteiger partial charge in [-0.3, -0.25) is 9.59 Å². The van der Waals surface area contributed by atoms with Crippen LogP contribution in [0.4, 0.5) is 0 Å².